The monoisotopic (exact) mass is 297 g/mol. The lowest BCUT2D eigenvalue weighted by Crippen LogP contribution is -1.96. The Hall–Kier alpha value is -2.57. The molecule has 2 rings (SSSR count). The van der Waals surface area contributed by atoms with Crippen molar-refractivity contribution in [3.05, 3.63) is 70.8 Å². The fourth-order valence-electron chi connectivity index (χ4n) is 1.67. The van der Waals surface area contributed by atoms with Gasteiger partial charge in [0.25, 0.3) is 0 Å². The molecule has 0 heterocycles. The molecule has 0 aliphatic rings. The van der Waals surface area contributed by atoms with Crippen LogP contribution < -0.4 is 4.74 Å². The van der Waals surface area contributed by atoms with Gasteiger partial charge in [-0.25, -0.2) is 0 Å². The van der Waals surface area contributed by atoms with Crippen molar-refractivity contribution in [2.24, 2.45) is 0 Å². The molecule has 0 amide bonds. The Morgan fingerprint density at radius 2 is 1.81 bits per heavy atom. The van der Waals surface area contributed by atoms with E-state index in [1.54, 1.807) is 42.5 Å². The van der Waals surface area contributed by atoms with Gasteiger partial charge in [-0.2, -0.15) is 5.26 Å². The van der Waals surface area contributed by atoms with Crippen molar-refractivity contribution in [1.82, 2.24) is 0 Å². The lowest BCUT2D eigenvalue weighted by Gasteiger charge is -2.01. The van der Waals surface area contributed by atoms with Crippen LogP contribution in [0.3, 0.4) is 0 Å². The van der Waals surface area contributed by atoms with E-state index in [2.05, 4.69) is 0 Å². The summed E-state index contributed by atoms with van der Waals surface area (Å²) in [5, 5.41) is 9.08. The molecule has 4 heteroatoms. The van der Waals surface area contributed by atoms with Crippen molar-refractivity contribution in [3.8, 4) is 11.8 Å². The summed E-state index contributed by atoms with van der Waals surface area (Å²) in [4.78, 5) is 12.0. The number of nitrogens with zero attached hydrogens (tertiary/aromatic N) is 1. The Morgan fingerprint density at radius 3 is 2.43 bits per heavy atom. The third-order valence-corrected chi connectivity index (χ3v) is 2.99. The zero-order valence-corrected chi connectivity index (χ0v) is 11.9. The normalized spacial score (nSPS) is 10.3. The first-order valence-electron chi connectivity index (χ1n) is 6.27. The first-order chi connectivity index (χ1) is 10.2. The number of allylic oxidation sites excluding steroid dienone is 1. The van der Waals surface area contributed by atoms with E-state index >= 15 is 0 Å². The molecule has 3 nitrogen and oxygen atoms in total. The van der Waals surface area contributed by atoms with Gasteiger partial charge < -0.3 is 4.74 Å². The molecule has 0 unspecified atom stereocenters. The summed E-state index contributed by atoms with van der Waals surface area (Å²) < 4.78 is 5.13. The largest absolute Gasteiger partial charge is 0.479 e. The van der Waals surface area contributed by atoms with E-state index in [-0.39, 0.29) is 12.4 Å². The van der Waals surface area contributed by atoms with Crippen molar-refractivity contribution < 1.29 is 9.53 Å². The number of hydrogen-bond donors (Lipinski definition) is 0. The Balaban J connectivity index is 2.03. The molecule has 0 aromatic heterocycles. The summed E-state index contributed by atoms with van der Waals surface area (Å²) in [5.41, 5.74) is 1.46. The first-order valence-corrected chi connectivity index (χ1v) is 6.64. The van der Waals surface area contributed by atoms with Gasteiger partial charge in [0, 0.05) is 10.6 Å². The van der Waals surface area contributed by atoms with Crippen LogP contribution in [0.4, 0.5) is 0 Å². The van der Waals surface area contributed by atoms with Gasteiger partial charge in [0.1, 0.15) is 11.8 Å². The molecule has 0 bridgehead atoms. The van der Waals surface area contributed by atoms with Crippen LogP contribution in [0.15, 0.2) is 54.6 Å². The van der Waals surface area contributed by atoms with Crippen LogP contribution in [0.5, 0.6) is 5.75 Å². The molecule has 2 aromatic carbocycles. The van der Waals surface area contributed by atoms with Gasteiger partial charge in [0.05, 0.1) is 0 Å². The van der Waals surface area contributed by atoms with Crippen LogP contribution in [0.2, 0.25) is 5.02 Å². The van der Waals surface area contributed by atoms with Crippen LogP contribution >= 0.6 is 11.6 Å². The molecule has 0 aliphatic carbocycles. The number of carbonyl (C=O) groups excluding carboxylic acids is 1. The van der Waals surface area contributed by atoms with E-state index in [1.807, 2.05) is 18.2 Å². The molecule has 0 spiro atoms. The average Bonchev–Trinajstić information content (AvgIpc) is 2.52. The molecule has 2 aromatic rings. The molecule has 0 fully saturated rings. The van der Waals surface area contributed by atoms with Crippen LogP contribution in [0.1, 0.15) is 15.9 Å². The molecular weight excluding hydrogens is 286 g/mol. The Kier molecular flexibility index (Phi) is 5.14. The fraction of sp³-hybridized carbons (Fsp3) is 0.0588. The summed E-state index contributed by atoms with van der Waals surface area (Å²) in [5.74, 6) is 0.464. The van der Waals surface area contributed by atoms with Gasteiger partial charge in [-0.05, 0) is 48.0 Å². The zero-order chi connectivity index (χ0) is 15.1. The van der Waals surface area contributed by atoms with E-state index < -0.39 is 0 Å². The molecule has 0 aliphatic heterocycles. The number of halogens is 1. The van der Waals surface area contributed by atoms with Crippen molar-refractivity contribution in [2.75, 3.05) is 6.61 Å². The standard InChI is InChI=1S/C17H12ClNO2/c18-15-6-1-13(2-7-15)3-10-17(20)14-4-8-16(9-5-14)21-12-11-19/h1-10H,12H2. The summed E-state index contributed by atoms with van der Waals surface area (Å²) >= 11 is 5.80. The number of ether oxygens (including phenoxy) is 1. The summed E-state index contributed by atoms with van der Waals surface area (Å²) in [6, 6.07) is 15.8. The molecule has 0 N–H and O–H groups in total. The summed E-state index contributed by atoms with van der Waals surface area (Å²) in [6.07, 6.45) is 3.24. The number of rotatable bonds is 5. The van der Waals surface area contributed by atoms with E-state index in [4.69, 9.17) is 21.6 Å². The van der Waals surface area contributed by atoms with Gasteiger partial charge in [-0.1, -0.05) is 29.8 Å². The summed E-state index contributed by atoms with van der Waals surface area (Å²) in [7, 11) is 0. The topological polar surface area (TPSA) is 50.1 Å². The maximum absolute atomic E-state index is 12.0. The van der Waals surface area contributed by atoms with Gasteiger partial charge in [0.2, 0.25) is 0 Å². The van der Waals surface area contributed by atoms with Crippen LogP contribution in [0, 0.1) is 11.3 Å². The highest BCUT2D eigenvalue weighted by atomic mass is 35.5. The van der Waals surface area contributed by atoms with E-state index in [0.29, 0.717) is 16.3 Å². The Labute approximate surface area is 128 Å². The highest BCUT2D eigenvalue weighted by Crippen LogP contribution is 2.14. The third-order valence-electron chi connectivity index (χ3n) is 2.74. The van der Waals surface area contributed by atoms with E-state index in [0.717, 1.165) is 5.56 Å². The molecule has 104 valence electrons. The molecule has 21 heavy (non-hydrogen) atoms. The highest BCUT2D eigenvalue weighted by Gasteiger charge is 2.02. The Bertz CT molecular complexity index is 682. The van der Waals surface area contributed by atoms with Crippen molar-refractivity contribution >= 4 is 23.5 Å². The minimum atomic E-state index is -0.100. The number of benzene rings is 2. The fourth-order valence-corrected chi connectivity index (χ4v) is 1.80. The minimum Gasteiger partial charge on any atom is -0.479 e. The predicted octanol–water partition coefficient (Wildman–Crippen LogP) is 4.14. The van der Waals surface area contributed by atoms with Crippen LogP contribution in [-0.4, -0.2) is 12.4 Å². The zero-order valence-electron chi connectivity index (χ0n) is 11.1. The maximum Gasteiger partial charge on any atom is 0.185 e. The lowest BCUT2D eigenvalue weighted by atomic mass is 10.1. The van der Waals surface area contributed by atoms with Crippen molar-refractivity contribution in [2.45, 2.75) is 0 Å². The van der Waals surface area contributed by atoms with E-state index in [1.165, 1.54) is 6.08 Å². The SMILES string of the molecule is N#CCOc1ccc(C(=O)C=Cc2ccc(Cl)cc2)cc1. The second-order valence-corrected chi connectivity index (χ2v) is 4.66. The smallest absolute Gasteiger partial charge is 0.185 e. The third kappa shape index (κ3) is 4.48. The first kappa shape index (κ1) is 14.8. The van der Waals surface area contributed by atoms with Gasteiger partial charge in [-0.15, -0.1) is 0 Å². The molecule has 0 saturated carbocycles. The van der Waals surface area contributed by atoms with Crippen LogP contribution in [0.25, 0.3) is 6.08 Å². The quantitative estimate of drug-likeness (QED) is 0.615. The second-order valence-electron chi connectivity index (χ2n) is 4.22. The summed E-state index contributed by atoms with van der Waals surface area (Å²) in [6.45, 7) is -0.0102. The number of nitriles is 1. The van der Waals surface area contributed by atoms with Crippen molar-refractivity contribution in [1.29, 1.82) is 5.26 Å². The maximum atomic E-state index is 12.0. The molecule has 0 atom stereocenters. The number of hydrogen-bond acceptors (Lipinski definition) is 3. The number of ketones is 1. The molecule has 0 radical (unpaired) electrons. The highest BCUT2D eigenvalue weighted by molar-refractivity contribution is 6.30. The second kappa shape index (κ2) is 7.28. The van der Waals surface area contributed by atoms with Crippen molar-refractivity contribution in [3.63, 3.8) is 0 Å². The minimum absolute atomic E-state index is 0.0102. The van der Waals surface area contributed by atoms with Gasteiger partial charge in [0.15, 0.2) is 12.4 Å². The van der Waals surface area contributed by atoms with Gasteiger partial charge >= 0.3 is 0 Å². The lowest BCUT2D eigenvalue weighted by molar-refractivity contribution is 0.104. The molecular formula is C17H12ClNO2. The molecule has 0 saturated heterocycles. The van der Waals surface area contributed by atoms with E-state index in [9.17, 15) is 4.79 Å². The predicted molar refractivity (Wildman–Crippen MR) is 82.4 cm³/mol. The average molecular weight is 298 g/mol. The number of carbonyl (C=O) groups is 1. The Morgan fingerprint density at radius 1 is 1.14 bits per heavy atom. The van der Waals surface area contributed by atoms with Gasteiger partial charge in [-0.3, -0.25) is 4.79 Å². The van der Waals surface area contributed by atoms with Crippen LogP contribution in [-0.2, 0) is 0 Å².